The number of nitrogens with zero attached hydrogens (tertiary/aromatic N) is 3. The lowest BCUT2D eigenvalue weighted by molar-refractivity contribution is -0.114. The maximum atomic E-state index is 12.8. The van der Waals surface area contributed by atoms with Crippen molar-refractivity contribution in [2.24, 2.45) is 10.1 Å². The number of benzene rings is 2. The third-order valence-corrected chi connectivity index (χ3v) is 8.03. The second-order valence-electron chi connectivity index (χ2n) is 7.65. The molecule has 2 heterocycles. The predicted molar refractivity (Wildman–Crippen MR) is 145 cm³/mol. The molecule has 0 radical (unpaired) electrons. The lowest BCUT2D eigenvalue weighted by atomic mass is 10.1. The fraction of sp³-hybridized carbons (Fsp3) is 0.217. The Hall–Kier alpha value is -2.71. The molecule has 2 aliphatic rings. The van der Waals surface area contributed by atoms with Crippen molar-refractivity contribution in [3.8, 4) is 11.5 Å². The molecule has 0 bridgehead atoms. The van der Waals surface area contributed by atoms with E-state index in [0.717, 1.165) is 23.4 Å². The van der Waals surface area contributed by atoms with Crippen LogP contribution in [0, 0.1) is 15.9 Å². The first kappa shape index (κ1) is 25.4. The van der Waals surface area contributed by atoms with E-state index in [9.17, 15) is 13.2 Å². The molecule has 9 nitrogen and oxygen atoms in total. The van der Waals surface area contributed by atoms with Crippen LogP contribution in [0.15, 0.2) is 57.0 Å². The molecule has 182 valence electrons. The molecule has 2 aliphatic heterocycles. The Bertz CT molecular complexity index is 1420. The number of methoxy groups -OCH3 is 1. The van der Waals surface area contributed by atoms with E-state index in [1.54, 1.807) is 24.3 Å². The largest absolute Gasteiger partial charge is 0.493 e. The number of thioether (sulfide) groups is 1. The summed E-state index contributed by atoms with van der Waals surface area (Å²) in [6, 6.07) is 9.50. The molecule has 0 atom stereocenters. The van der Waals surface area contributed by atoms with Crippen LogP contribution in [0.4, 0.5) is 0 Å². The molecule has 2 aromatic carbocycles. The summed E-state index contributed by atoms with van der Waals surface area (Å²) in [4.78, 5) is 16.8. The van der Waals surface area contributed by atoms with Gasteiger partial charge in [0, 0.05) is 0 Å². The zero-order chi connectivity index (χ0) is 25.3. The van der Waals surface area contributed by atoms with Crippen LogP contribution < -0.4 is 8.92 Å². The summed E-state index contributed by atoms with van der Waals surface area (Å²) in [7, 11) is -2.70. The molecule has 0 fully saturated rings. The number of fused-ring (bicyclic) bond motifs is 1. The van der Waals surface area contributed by atoms with Crippen LogP contribution in [-0.4, -0.2) is 42.5 Å². The smallest absolute Gasteiger partial charge is 0.339 e. The van der Waals surface area contributed by atoms with Crippen LogP contribution in [0.2, 0.25) is 0 Å². The zero-order valence-electron chi connectivity index (χ0n) is 19.0. The Kier molecular flexibility index (Phi) is 7.33. The summed E-state index contributed by atoms with van der Waals surface area (Å²) in [5.74, 6) is -0.419. The Morgan fingerprint density at radius 2 is 1.94 bits per heavy atom. The predicted octanol–water partition coefficient (Wildman–Crippen LogP) is 4.80. The molecule has 0 saturated carbocycles. The number of hydrazone groups is 1. The van der Waals surface area contributed by atoms with Crippen molar-refractivity contribution in [2.75, 3.05) is 7.11 Å². The average molecular weight is 624 g/mol. The molecule has 1 amide bonds. The second kappa shape index (κ2) is 10.1. The van der Waals surface area contributed by atoms with Gasteiger partial charge in [0.2, 0.25) is 5.17 Å². The summed E-state index contributed by atoms with van der Waals surface area (Å²) >= 11 is 3.23. The van der Waals surface area contributed by atoms with Crippen molar-refractivity contribution in [2.45, 2.75) is 31.6 Å². The third-order valence-electron chi connectivity index (χ3n) is 5.03. The maximum Gasteiger partial charge on any atom is 0.339 e. The maximum absolute atomic E-state index is 12.8. The van der Waals surface area contributed by atoms with Crippen LogP contribution in [0.25, 0.3) is 6.08 Å². The topological polar surface area (TPSA) is 121 Å². The fourth-order valence-electron chi connectivity index (χ4n) is 3.28. The number of amidine groups is 2. The average Bonchev–Trinajstić information content (AvgIpc) is 3.21. The monoisotopic (exact) mass is 624 g/mol. The molecule has 0 unspecified atom stereocenters. The summed E-state index contributed by atoms with van der Waals surface area (Å²) < 4.78 is 36.9. The van der Waals surface area contributed by atoms with Crippen molar-refractivity contribution < 1.29 is 22.1 Å². The quantitative estimate of drug-likeness (QED) is 0.267. The van der Waals surface area contributed by atoms with Crippen LogP contribution in [-0.2, 0) is 14.9 Å². The number of hydrogen-bond donors (Lipinski definition) is 1. The number of aryl methyl sites for hydroxylation is 1. The second-order valence-corrected chi connectivity index (χ2v) is 11.4. The third kappa shape index (κ3) is 5.28. The summed E-state index contributed by atoms with van der Waals surface area (Å²) in [6.07, 6.45) is 3.14. The van der Waals surface area contributed by atoms with E-state index in [-0.39, 0.29) is 27.8 Å². The Morgan fingerprint density at radius 1 is 1.23 bits per heavy atom. The van der Waals surface area contributed by atoms with E-state index in [1.165, 1.54) is 42.1 Å². The van der Waals surface area contributed by atoms with Crippen molar-refractivity contribution in [3.05, 3.63) is 56.7 Å². The van der Waals surface area contributed by atoms with Gasteiger partial charge in [0.05, 0.1) is 16.3 Å². The van der Waals surface area contributed by atoms with E-state index in [1.807, 2.05) is 36.4 Å². The Labute approximate surface area is 221 Å². The van der Waals surface area contributed by atoms with Gasteiger partial charge in [-0.15, -0.1) is 0 Å². The summed E-state index contributed by atoms with van der Waals surface area (Å²) in [5, 5.41) is 15.4. The van der Waals surface area contributed by atoms with Gasteiger partial charge in [-0.1, -0.05) is 24.6 Å². The highest BCUT2D eigenvalue weighted by Gasteiger charge is 2.35. The molecule has 0 spiro atoms. The molecular weight excluding hydrogens is 603 g/mol. The number of rotatable bonds is 7. The first-order chi connectivity index (χ1) is 16.6. The van der Waals surface area contributed by atoms with Crippen molar-refractivity contribution in [1.29, 1.82) is 5.41 Å². The van der Waals surface area contributed by atoms with Gasteiger partial charge < -0.3 is 8.92 Å². The van der Waals surface area contributed by atoms with Gasteiger partial charge in [-0.2, -0.15) is 23.5 Å². The molecule has 1 N–H and O–H groups in total. The van der Waals surface area contributed by atoms with E-state index in [2.05, 4.69) is 10.1 Å². The number of carbonyl (C=O) groups excluding carboxylic acids is 1. The summed E-state index contributed by atoms with van der Waals surface area (Å²) in [5.41, 5.74) is 1.50. The summed E-state index contributed by atoms with van der Waals surface area (Å²) in [6.45, 7) is 3.89. The highest BCUT2D eigenvalue weighted by molar-refractivity contribution is 14.1. The molecule has 0 aromatic heterocycles. The molecule has 12 heteroatoms. The first-order valence-corrected chi connectivity index (χ1v) is 13.8. The lowest BCUT2D eigenvalue weighted by Crippen LogP contribution is -2.35. The lowest BCUT2D eigenvalue weighted by Gasteiger charge is -2.20. The van der Waals surface area contributed by atoms with Gasteiger partial charge in [-0.3, -0.25) is 10.2 Å². The fourth-order valence-corrected chi connectivity index (χ4v) is 6.11. The highest BCUT2D eigenvalue weighted by Crippen LogP contribution is 2.37. The van der Waals surface area contributed by atoms with E-state index < -0.39 is 16.0 Å². The molecule has 4 rings (SSSR count). The van der Waals surface area contributed by atoms with Crippen molar-refractivity contribution in [3.63, 3.8) is 0 Å². The van der Waals surface area contributed by atoms with E-state index in [0.29, 0.717) is 14.3 Å². The number of nitrogens with one attached hydrogen (secondary N) is 1. The number of halogens is 1. The van der Waals surface area contributed by atoms with Gasteiger partial charge in [-0.05, 0) is 90.0 Å². The zero-order valence-corrected chi connectivity index (χ0v) is 22.8. The minimum atomic E-state index is -4.09. The molecule has 2 aromatic rings. The minimum Gasteiger partial charge on any atom is -0.493 e. The molecule has 0 aliphatic carbocycles. The van der Waals surface area contributed by atoms with E-state index >= 15 is 0 Å². The highest BCUT2D eigenvalue weighted by atomic mass is 127. The van der Waals surface area contributed by atoms with Gasteiger partial charge in [0.1, 0.15) is 9.94 Å². The number of amides is 1. The minimum absolute atomic E-state index is 0.0218. The first-order valence-electron chi connectivity index (χ1n) is 10.5. The number of carbonyl (C=O) groups is 1. The van der Waals surface area contributed by atoms with Gasteiger partial charge in [-0.25, -0.2) is 0 Å². The van der Waals surface area contributed by atoms with Gasteiger partial charge in [0.25, 0.3) is 5.91 Å². The normalized spacial score (nSPS) is 16.8. The standard InChI is InChI=1S/C23H21IN4O5S2/c1-4-5-19-27-28-21(25)16(22(29)26-23(28)34-19)10-14-11-17(24)20(18(12-14)32-3)33-35(30,31)15-8-6-13(2)7-9-15/h6-12,25H,4-5H2,1-3H3/b16-10-,25-21?. The Balaban J connectivity index is 1.66. The number of hydrogen-bond acceptors (Lipinski definition) is 8. The SMILES string of the molecule is CCCC1=NN2C(=N)/C(=C/c3cc(I)c(OS(=O)(=O)c4ccc(C)cc4)c(OC)c3)C(=O)N=C2S1. The van der Waals surface area contributed by atoms with Gasteiger partial charge >= 0.3 is 10.1 Å². The van der Waals surface area contributed by atoms with Crippen LogP contribution in [0.3, 0.4) is 0 Å². The van der Waals surface area contributed by atoms with Crippen LogP contribution in [0.1, 0.15) is 30.9 Å². The van der Waals surface area contributed by atoms with Crippen molar-refractivity contribution >= 4 is 72.5 Å². The van der Waals surface area contributed by atoms with Crippen molar-refractivity contribution in [1.82, 2.24) is 5.01 Å². The van der Waals surface area contributed by atoms with E-state index in [4.69, 9.17) is 14.3 Å². The molecular formula is C23H21IN4O5S2. The number of ether oxygens (including phenoxy) is 1. The molecule has 35 heavy (non-hydrogen) atoms. The van der Waals surface area contributed by atoms with Gasteiger partial charge in [0.15, 0.2) is 17.3 Å². The number of aliphatic imine (C=N–C) groups is 1. The van der Waals surface area contributed by atoms with Crippen LogP contribution in [0.5, 0.6) is 11.5 Å². The van der Waals surface area contributed by atoms with Crippen LogP contribution >= 0.6 is 34.4 Å². The Morgan fingerprint density at radius 3 is 2.60 bits per heavy atom. The molecule has 0 saturated heterocycles.